The van der Waals surface area contributed by atoms with Gasteiger partial charge < -0.3 is 15.7 Å². The number of rotatable bonds is 5. The van der Waals surface area contributed by atoms with Crippen LogP contribution in [0.25, 0.3) is 0 Å². The number of nitrogens with one attached hydrogen (secondary N) is 2. The summed E-state index contributed by atoms with van der Waals surface area (Å²) in [7, 11) is 1.97. The van der Waals surface area contributed by atoms with Crippen LogP contribution in [0, 0.1) is 5.41 Å². The second-order valence-corrected chi connectivity index (χ2v) is 5.16. The van der Waals surface area contributed by atoms with Gasteiger partial charge in [-0.25, -0.2) is 0 Å². The largest absolute Gasteiger partial charge is 0.389 e. The first-order valence-corrected chi connectivity index (χ1v) is 6.36. The number of aliphatic hydroxyl groups excluding tert-OH is 1. The molecule has 1 aliphatic rings. The highest BCUT2D eigenvalue weighted by Gasteiger charge is 2.24. The summed E-state index contributed by atoms with van der Waals surface area (Å²) in [5.41, 5.74) is 0.333. The summed E-state index contributed by atoms with van der Waals surface area (Å²) in [6.07, 6.45) is 8.11. The van der Waals surface area contributed by atoms with E-state index >= 15 is 0 Å². The van der Waals surface area contributed by atoms with Gasteiger partial charge in [0.05, 0.1) is 6.10 Å². The van der Waals surface area contributed by atoms with Crippen molar-refractivity contribution in [2.75, 3.05) is 26.7 Å². The van der Waals surface area contributed by atoms with Crippen molar-refractivity contribution in [2.45, 2.75) is 38.7 Å². The van der Waals surface area contributed by atoms with Gasteiger partial charge in [-0.1, -0.05) is 19.1 Å². The predicted molar refractivity (Wildman–Crippen MR) is 68.5 cm³/mol. The predicted octanol–water partition coefficient (Wildman–Crippen LogP) is 1.29. The minimum Gasteiger partial charge on any atom is -0.389 e. The third-order valence-corrected chi connectivity index (χ3v) is 3.42. The van der Waals surface area contributed by atoms with Crippen LogP contribution in [-0.4, -0.2) is 37.9 Å². The van der Waals surface area contributed by atoms with Crippen molar-refractivity contribution >= 4 is 0 Å². The molecule has 0 heterocycles. The molecular formula is C13H26N2O. The third kappa shape index (κ3) is 5.10. The highest BCUT2D eigenvalue weighted by Crippen LogP contribution is 2.31. The molecule has 3 N–H and O–H groups in total. The lowest BCUT2D eigenvalue weighted by molar-refractivity contribution is 0.163. The van der Waals surface area contributed by atoms with E-state index in [2.05, 4.69) is 23.6 Å². The molecule has 2 atom stereocenters. The monoisotopic (exact) mass is 226 g/mol. The van der Waals surface area contributed by atoms with Gasteiger partial charge in [0.15, 0.2) is 0 Å². The van der Waals surface area contributed by atoms with E-state index in [0.717, 1.165) is 38.9 Å². The van der Waals surface area contributed by atoms with Gasteiger partial charge in [-0.05, 0) is 38.1 Å². The van der Waals surface area contributed by atoms with E-state index in [4.69, 9.17) is 0 Å². The fourth-order valence-electron chi connectivity index (χ4n) is 2.18. The van der Waals surface area contributed by atoms with Crippen molar-refractivity contribution in [1.29, 1.82) is 0 Å². The van der Waals surface area contributed by atoms with Crippen molar-refractivity contribution in [1.82, 2.24) is 10.6 Å². The number of hydrogen-bond donors (Lipinski definition) is 3. The molecule has 0 spiro atoms. The van der Waals surface area contributed by atoms with Crippen molar-refractivity contribution < 1.29 is 5.11 Å². The molecule has 0 aromatic heterocycles. The Kier molecular flexibility index (Phi) is 6.03. The minimum absolute atomic E-state index is 0.239. The zero-order valence-electron chi connectivity index (χ0n) is 10.6. The van der Waals surface area contributed by atoms with Crippen molar-refractivity contribution in [3.8, 4) is 0 Å². The summed E-state index contributed by atoms with van der Waals surface area (Å²) in [5, 5.41) is 16.3. The number of hydrogen-bond acceptors (Lipinski definition) is 3. The molecule has 1 rings (SSSR count). The summed E-state index contributed by atoms with van der Waals surface area (Å²) < 4.78 is 0. The molecule has 0 aromatic rings. The second-order valence-electron chi connectivity index (χ2n) is 5.16. The molecule has 0 saturated heterocycles. The smallest absolute Gasteiger partial charge is 0.0721 e. The van der Waals surface area contributed by atoms with Gasteiger partial charge in [0.1, 0.15) is 0 Å². The van der Waals surface area contributed by atoms with Gasteiger partial charge in [0, 0.05) is 19.6 Å². The molecule has 0 aromatic carbocycles. The normalized spacial score (nSPS) is 33.1. The lowest BCUT2D eigenvalue weighted by Gasteiger charge is -2.31. The SMILES string of the molecule is CNCCNCC1(C)CC/C=C\C(O)CC1. The summed E-state index contributed by atoms with van der Waals surface area (Å²) in [5.74, 6) is 0. The molecule has 0 amide bonds. The van der Waals surface area contributed by atoms with Crippen molar-refractivity contribution in [3.05, 3.63) is 12.2 Å². The van der Waals surface area contributed by atoms with E-state index in [0.29, 0.717) is 5.41 Å². The van der Waals surface area contributed by atoms with Crippen molar-refractivity contribution in [3.63, 3.8) is 0 Å². The zero-order valence-corrected chi connectivity index (χ0v) is 10.6. The molecule has 3 nitrogen and oxygen atoms in total. The molecular weight excluding hydrogens is 200 g/mol. The maximum Gasteiger partial charge on any atom is 0.0721 e. The molecule has 16 heavy (non-hydrogen) atoms. The Balaban J connectivity index is 2.33. The van der Waals surface area contributed by atoms with Crippen LogP contribution in [0.3, 0.4) is 0 Å². The summed E-state index contributed by atoms with van der Waals surface area (Å²) >= 11 is 0. The van der Waals surface area contributed by atoms with Crippen LogP contribution >= 0.6 is 0 Å². The van der Waals surface area contributed by atoms with Gasteiger partial charge in [-0.3, -0.25) is 0 Å². The van der Waals surface area contributed by atoms with Gasteiger partial charge in [0.25, 0.3) is 0 Å². The maximum absolute atomic E-state index is 9.64. The van der Waals surface area contributed by atoms with Crippen LogP contribution < -0.4 is 10.6 Å². The molecule has 94 valence electrons. The number of likely N-dealkylation sites (N-methyl/N-ethyl adjacent to an activating group) is 1. The average Bonchev–Trinajstić information content (AvgIpc) is 2.26. The van der Waals surface area contributed by atoms with Crippen LogP contribution in [0.5, 0.6) is 0 Å². The van der Waals surface area contributed by atoms with Crippen LogP contribution in [0.15, 0.2) is 12.2 Å². The van der Waals surface area contributed by atoms with Crippen LogP contribution in [0.4, 0.5) is 0 Å². The summed E-state index contributed by atoms with van der Waals surface area (Å²) in [6.45, 7) is 5.41. The van der Waals surface area contributed by atoms with E-state index in [1.165, 1.54) is 6.42 Å². The van der Waals surface area contributed by atoms with Crippen molar-refractivity contribution in [2.24, 2.45) is 5.41 Å². The Labute approximate surface area is 99.3 Å². The Morgan fingerprint density at radius 1 is 1.38 bits per heavy atom. The highest BCUT2D eigenvalue weighted by atomic mass is 16.3. The van der Waals surface area contributed by atoms with E-state index < -0.39 is 0 Å². The molecule has 2 unspecified atom stereocenters. The Bertz CT molecular complexity index is 218. The van der Waals surface area contributed by atoms with E-state index in [1.54, 1.807) is 0 Å². The molecule has 0 fully saturated rings. The lowest BCUT2D eigenvalue weighted by Crippen LogP contribution is -2.36. The topological polar surface area (TPSA) is 44.3 Å². The van der Waals surface area contributed by atoms with Crippen LogP contribution in [0.2, 0.25) is 0 Å². The molecule has 0 aliphatic heterocycles. The third-order valence-electron chi connectivity index (χ3n) is 3.42. The van der Waals surface area contributed by atoms with E-state index in [9.17, 15) is 5.11 Å². The molecule has 0 bridgehead atoms. The maximum atomic E-state index is 9.64. The summed E-state index contributed by atoms with van der Waals surface area (Å²) in [4.78, 5) is 0. The lowest BCUT2D eigenvalue weighted by atomic mass is 9.79. The average molecular weight is 226 g/mol. The minimum atomic E-state index is -0.239. The van der Waals surface area contributed by atoms with Crippen LogP contribution in [0.1, 0.15) is 32.6 Å². The van der Waals surface area contributed by atoms with E-state index in [1.807, 2.05) is 13.1 Å². The molecule has 3 heteroatoms. The standard InChI is InChI=1S/C13H26N2O/c1-13(11-15-10-9-14-2)7-4-3-5-12(16)6-8-13/h3,5,12,14-16H,4,6-11H2,1-2H3/b5-3-. The van der Waals surface area contributed by atoms with Gasteiger partial charge in [0.2, 0.25) is 0 Å². The Hall–Kier alpha value is -0.380. The fourth-order valence-corrected chi connectivity index (χ4v) is 2.18. The Morgan fingerprint density at radius 2 is 2.19 bits per heavy atom. The zero-order chi connectivity index (χ0) is 11.9. The molecule has 0 saturated carbocycles. The first kappa shape index (κ1) is 13.7. The summed E-state index contributed by atoms with van der Waals surface area (Å²) in [6, 6.07) is 0. The number of aliphatic hydroxyl groups is 1. The first-order valence-electron chi connectivity index (χ1n) is 6.36. The van der Waals surface area contributed by atoms with Gasteiger partial charge in [-0.2, -0.15) is 0 Å². The molecule has 1 aliphatic carbocycles. The van der Waals surface area contributed by atoms with Gasteiger partial charge >= 0.3 is 0 Å². The van der Waals surface area contributed by atoms with Crippen LogP contribution in [-0.2, 0) is 0 Å². The Morgan fingerprint density at radius 3 is 2.94 bits per heavy atom. The number of allylic oxidation sites excluding steroid dienone is 1. The second kappa shape index (κ2) is 7.05. The van der Waals surface area contributed by atoms with Gasteiger partial charge in [-0.15, -0.1) is 0 Å². The quantitative estimate of drug-likeness (QED) is 0.489. The molecule has 0 radical (unpaired) electrons. The van der Waals surface area contributed by atoms with E-state index in [-0.39, 0.29) is 6.10 Å². The first-order chi connectivity index (χ1) is 7.66. The fraction of sp³-hybridized carbons (Fsp3) is 0.846. The highest BCUT2D eigenvalue weighted by molar-refractivity contribution is 4.94.